The molecule has 0 aliphatic heterocycles. The summed E-state index contributed by atoms with van der Waals surface area (Å²) in [6, 6.07) is 0. The monoisotopic (exact) mass is 215 g/mol. The number of aliphatic hydroxyl groups is 1. The third-order valence-corrected chi connectivity index (χ3v) is 2.75. The first-order valence-corrected chi connectivity index (χ1v) is 5.23. The maximum Gasteiger partial charge on any atom is 0.334 e. The van der Waals surface area contributed by atoms with E-state index >= 15 is 0 Å². The molecule has 1 rings (SSSR count). The number of rotatable bonds is 4. The van der Waals surface area contributed by atoms with Crippen molar-refractivity contribution in [2.75, 3.05) is 6.61 Å². The van der Waals surface area contributed by atoms with Gasteiger partial charge >= 0.3 is 5.97 Å². The number of aryl methyl sites for hydroxylation is 1. The zero-order valence-corrected chi connectivity index (χ0v) is 9.00. The van der Waals surface area contributed by atoms with Gasteiger partial charge in [0.25, 0.3) is 0 Å². The predicted molar refractivity (Wildman–Crippen MR) is 53.2 cm³/mol. The lowest BCUT2D eigenvalue weighted by molar-refractivity contribution is -0.152. The molecule has 0 radical (unpaired) electrons. The van der Waals surface area contributed by atoms with E-state index in [1.807, 2.05) is 6.92 Å². The Labute approximate surface area is 86.6 Å². The van der Waals surface area contributed by atoms with E-state index in [-0.39, 0.29) is 0 Å². The zero-order chi connectivity index (χ0) is 10.6. The number of aromatic nitrogens is 1. The Hall–Kier alpha value is -0.940. The van der Waals surface area contributed by atoms with Crippen molar-refractivity contribution in [3.63, 3.8) is 0 Å². The van der Waals surface area contributed by atoms with E-state index in [1.54, 1.807) is 16.8 Å². The van der Waals surface area contributed by atoms with Gasteiger partial charge in [-0.2, -0.15) is 0 Å². The van der Waals surface area contributed by atoms with Crippen LogP contribution in [-0.4, -0.2) is 28.8 Å². The van der Waals surface area contributed by atoms with Crippen LogP contribution in [0.25, 0.3) is 0 Å². The summed E-state index contributed by atoms with van der Waals surface area (Å²) in [4.78, 5) is 16.1. The highest BCUT2D eigenvalue weighted by molar-refractivity contribution is 7.09. The van der Waals surface area contributed by atoms with Crippen LogP contribution in [0.5, 0.6) is 0 Å². The summed E-state index contributed by atoms with van der Waals surface area (Å²) < 4.78 is 4.82. The van der Waals surface area contributed by atoms with Crippen molar-refractivity contribution in [2.24, 2.45) is 0 Å². The van der Waals surface area contributed by atoms with E-state index in [0.29, 0.717) is 13.0 Å². The summed E-state index contributed by atoms with van der Waals surface area (Å²) in [5.74, 6) is -0.577. The summed E-state index contributed by atoms with van der Waals surface area (Å²) in [5.41, 5.74) is 2.74. The lowest BCUT2D eigenvalue weighted by Crippen LogP contribution is -2.20. The van der Waals surface area contributed by atoms with E-state index in [1.165, 1.54) is 6.92 Å². The summed E-state index contributed by atoms with van der Waals surface area (Å²) in [6.45, 7) is 3.61. The van der Waals surface area contributed by atoms with E-state index in [0.717, 1.165) is 10.6 Å². The van der Waals surface area contributed by atoms with Crippen molar-refractivity contribution >= 4 is 17.3 Å². The fourth-order valence-corrected chi connectivity index (χ4v) is 1.69. The molecule has 0 aromatic carbocycles. The van der Waals surface area contributed by atoms with Gasteiger partial charge in [0.05, 0.1) is 17.8 Å². The van der Waals surface area contributed by atoms with Crippen molar-refractivity contribution in [1.29, 1.82) is 0 Å². The first-order valence-electron chi connectivity index (χ1n) is 4.35. The molecule has 5 heteroatoms. The minimum Gasteiger partial charge on any atom is -0.463 e. The Morgan fingerprint density at radius 2 is 2.50 bits per heavy atom. The van der Waals surface area contributed by atoms with Gasteiger partial charge in [-0.05, 0) is 13.8 Å². The molecule has 1 heterocycles. The molecule has 14 heavy (non-hydrogen) atoms. The first kappa shape index (κ1) is 11.1. The molecule has 0 bridgehead atoms. The van der Waals surface area contributed by atoms with Gasteiger partial charge in [0.15, 0.2) is 0 Å². The van der Waals surface area contributed by atoms with Crippen molar-refractivity contribution in [2.45, 2.75) is 26.4 Å². The standard InChI is InChI=1S/C9H13NO3S/c1-6-8(14-5-10-6)3-4-13-9(12)7(2)11/h5,7,11H,3-4H2,1-2H3/t7-/m0/s1. The van der Waals surface area contributed by atoms with Crippen LogP contribution in [0, 0.1) is 6.92 Å². The summed E-state index contributed by atoms with van der Waals surface area (Å²) in [5, 5.41) is 8.85. The molecule has 0 unspecified atom stereocenters. The minimum atomic E-state index is -1.04. The number of carbonyl (C=O) groups excluding carboxylic acids is 1. The summed E-state index contributed by atoms with van der Waals surface area (Å²) >= 11 is 1.54. The molecule has 0 saturated carbocycles. The van der Waals surface area contributed by atoms with Crippen LogP contribution in [0.15, 0.2) is 5.51 Å². The second kappa shape index (κ2) is 5.07. The molecule has 0 spiro atoms. The van der Waals surface area contributed by atoms with Crippen LogP contribution >= 0.6 is 11.3 Å². The van der Waals surface area contributed by atoms with Crippen LogP contribution in [0.2, 0.25) is 0 Å². The normalized spacial score (nSPS) is 12.5. The Morgan fingerprint density at radius 3 is 3.00 bits per heavy atom. The smallest absolute Gasteiger partial charge is 0.334 e. The summed E-state index contributed by atoms with van der Waals surface area (Å²) in [7, 11) is 0. The predicted octanol–water partition coefficient (Wildman–Crippen LogP) is 0.918. The number of hydrogen-bond acceptors (Lipinski definition) is 5. The quantitative estimate of drug-likeness (QED) is 0.759. The molecule has 0 fully saturated rings. The molecule has 0 aliphatic carbocycles. The highest BCUT2D eigenvalue weighted by atomic mass is 32.1. The second-order valence-corrected chi connectivity index (χ2v) is 3.89. The van der Waals surface area contributed by atoms with Crippen molar-refractivity contribution < 1.29 is 14.6 Å². The Kier molecular flexibility index (Phi) is 4.03. The average molecular weight is 215 g/mol. The maximum atomic E-state index is 10.9. The molecule has 1 atom stereocenters. The molecule has 1 aromatic heterocycles. The van der Waals surface area contributed by atoms with Gasteiger partial charge in [0, 0.05) is 11.3 Å². The van der Waals surface area contributed by atoms with Crippen LogP contribution in [0.1, 0.15) is 17.5 Å². The van der Waals surface area contributed by atoms with Crippen LogP contribution in [0.3, 0.4) is 0 Å². The van der Waals surface area contributed by atoms with Crippen molar-refractivity contribution in [3.8, 4) is 0 Å². The number of ether oxygens (including phenoxy) is 1. The fourth-order valence-electron chi connectivity index (χ4n) is 0.931. The molecule has 1 N–H and O–H groups in total. The van der Waals surface area contributed by atoms with Gasteiger partial charge < -0.3 is 9.84 Å². The zero-order valence-electron chi connectivity index (χ0n) is 8.19. The molecule has 1 aromatic rings. The minimum absolute atomic E-state index is 0.298. The lowest BCUT2D eigenvalue weighted by atomic mass is 10.3. The van der Waals surface area contributed by atoms with Gasteiger partial charge in [0.2, 0.25) is 0 Å². The van der Waals surface area contributed by atoms with Crippen molar-refractivity contribution in [3.05, 3.63) is 16.1 Å². The molecule has 0 amide bonds. The lowest BCUT2D eigenvalue weighted by Gasteiger charge is -2.05. The Balaban J connectivity index is 2.29. The largest absolute Gasteiger partial charge is 0.463 e. The van der Waals surface area contributed by atoms with Gasteiger partial charge in [-0.25, -0.2) is 9.78 Å². The van der Waals surface area contributed by atoms with Crippen LogP contribution in [-0.2, 0) is 16.0 Å². The Bertz CT molecular complexity index is 309. The highest BCUT2D eigenvalue weighted by Crippen LogP contribution is 2.12. The Morgan fingerprint density at radius 1 is 1.79 bits per heavy atom. The number of esters is 1. The van der Waals surface area contributed by atoms with Gasteiger partial charge in [-0.15, -0.1) is 11.3 Å². The molecule has 0 saturated heterocycles. The number of nitrogens with zero attached hydrogens (tertiary/aromatic N) is 1. The van der Waals surface area contributed by atoms with Crippen LogP contribution in [0.4, 0.5) is 0 Å². The second-order valence-electron chi connectivity index (χ2n) is 2.95. The fraction of sp³-hybridized carbons (Fsp3) is 0.556. The van der Waals surface area contributed by atoms with Gasteiger partial charge in [0.1, 0.15) is 6.10 Å². The van der Waals surface area contributed by atoms with Crippen LogP contribution < -0.4 is 0 Å². The maximum absolute atomic E-state index is 10.9. The molecular formula is C9H13NO3S. The average Bonchev–Trinajstić information content (AvgIpc) is 2.51. The van der Waals surface area contributed by atoms with E-state index in [2.05, 4.69) is 4.98 Å². The SMILES string of the molecule is Cc1ncsc1CCOC(=O)[C@H](C)O. The van der Waals surface area contributed by atoms with E-state index in [4.69, 9.17) is 9.84 Å². The molecular weight excluding hydrogens is 202 g/mol. The van der Waals surface area contributed by atoms with Gasteiger partial charge in [-0.1, -0.05) is 0 Å². The van der Waals surface area contributed by atoms with Crippen molar-refractivity contribution in [1.82, 2.24) is 4.98 Å². The van der Waals surface area contributed by atoms with E-state index < -0.39 is 12.1 Å². The van der Waals surface area contributed by atoms with E-state index in [9.17, 15) is 4.79 Å². The topological polar surface area (TPSA) is 59.4 Å². The number of carbonyl (C=O) groups is 1. The third-order valence-electron chi connectivity index (χ3n) is 1.76. The summed E-state index contributed by atoms with van der Waals surface area (Å²) in [6.07, 6.45) is -0.382. The molecule has 0 aliphatic rings. The number of thiazole rings is 1. The highest BCUT2D eigenvalue weighted by Gasteiger charge is 2.10. The molecule has 4 nitrogen and oxygen atoms in total. The number of hydrogen-bond donors (Lipinski definition) is 1. The van der Waals surface area contributed by atoms with Gasteiger partial charge in [-0.3, -0.25) is 0 Å². The third kappa shape index (κ3) is 3.08. The number of aliphatic hydroxyl groups excluding tert-OH is 1. The molecule has 78 valence electrons. The first-order chi connectivity index (χ1) is 6.61.